The number of rotatable bonds is 1. The van der Waals surface area contributed by atoms with E-state index in [0.717, 1.165) is 11.3 Å². The van der Waals surface area contributed by atoms with Gasteiger partial charge in [0.25, 0.3) is 0 Å². The van der Waals surface area contributed by atoms with Crippen molar-refractivity contribution in [3.63, 3.8) is 0 Å². The number of aromatic nitrogens is 1. The second-order valence-corrected chi connectivity index (χ2v) is 2.94. The quantitative estimate of drug-likeness (QED) is 0.702. The second kappa shape index (κ2) is 3.20. The third-order valence-corrected chi connectivity index (χ3v) is 1.75. The minimum Gasteiger partial charge on any atom is -0.389 e. The first-order valence-electron chi connectivity index (χ1n) is 3.41. The molecule has 0 amide bonds. The predicted octanol–water partition coefficient (Wildman–Crippen LogP) is 2.10. The van der Waals surface area contributed by atoms with Gasteiger partial charge >= 0.3 is 0 Å². The monoisotopic (exact) mass is 171 g/mol. The molecule has 1 aromatic rings. The highest BCUT2D eigenvalue weighted by atomic mass is 35.5. The highest BCUT2D eigenvalue weighted by Gasteiger charge is 2.05. The van der Waals surface area contributed by atoms with Crippen molar-refractivity contribution in [2.45, 2.75) is 20.0 Å². The molecule has 60 valence electrons. The molecule has 0 bridgehead atoms. The zero-order valence-electron chi connectivity index (χ0n) is 6.50. The van der Waals surface area contributed by atoms with Crippen LogP contribution in [0.4, 0.5) is 0 Å². The number of hydrogen-bond acceptors (Lipinski definition) is 2. The fourth-order valence-corrected chi connectivity index (χ4v) is 1.11. The van der Waals surface area contributed by atoms with Crippen molar-refractivity contribution in [2.24, 2.45) is 0 Å². The summed E-state index contributed by atoms with van der Waals surface area (Å²) in [5.74, 6) is 0. The number of halogens is 1. The Labute approximate surface area is 70.8 Å². The van der Waals surface area contributed by atoms with Crippen LogP contribution in [0.15, 0.2) is 12.3 Å². The minimum absolute atomic E-state index is 0.499. The van der Waals surface area contributed by atoms with Gasteiger partial charge in [-0.1, -0.05) is 11.6 Å². The van der Waals surface area contributed by atoms with Crippen LogP contribution in [0.25, 0.3) is 0 Å². The molecule has 0 aliphatic rings. The summed E-state index contributed by atoms with van der Waals surface area (Å²) in [5, 5.41) is 9.79. The molecular weight excluding hydrogens is 162 g/mol. The molecule has 1 aromatic heterocycles. The molecule has 0 spiro atoms. The number of pyridine rings is 1. The highest BCUT2D eigenvalue weighted by molar-refractivity contribution is 6.30. The number of nitrogens with zero attached hydrogens (tertiary/aromatic N) is 1. The fourth-order valence-electron chi connectivity index (χ4n) is 0.946. The number of aliphatic hydroxyl groups excluding tert-OH is 1. The maximum atomic E-state index is 9.23. The molecule has 0 aliphatic carbocycles. The maximum Gasteiger partial charge on any atom is 0.0779 e. The number of aryl methyl sites for hydroxylation is 1. The van der Waals surface area contributed by atoms with Crippen molar-refractivity contribution in [1.82, 2.24) is 4.98 Å². The summed E-state index contributed by atoms with van der Waals surface area (Å²) in [6, 6.07) is 1.73. The van der Waals surface area contributed by atoms with E-state index in [1.54, 1.807) is 19.2 Å². The highest BCUT2D eigenvalue weighted by Crippen LogP contribution is 2.18. The van der Waals surface area contributed by atoms with Crippen LogP contribution in [0.2, 0.25) is 5.02 Å². The molecule has 1 heterocycles. The first kappa shape index (κ1) is 8.50. The van der Waals surface area contributed by atoms with Crippen LogP contribution in [0.1, 0.15) is 24.3 Å². The Bertz CT molecular complexity index is 260. The Morgan fingerprint density at radius 1 is 1.64 bits per heavy atom. The van der Waals surface area contributed by atoms with Gasteiger partial charge in [-0.15, -0.1) is 0 Å². The van der Waals surface area contributed by atoms with E-state index in [9.17, 15) is 5.11 Å². The lowest BCUT2D eigenvalue weighted by Crippen LogP contribution is -1.96. The SMILES string of the molecule is Cc1ncc(Cl)cc1C(C)O. The first-order valence-corrected chi connectivity index (χ1v) is 3.79. The van der Waals surface area contributed by atoms with Crippen LogP contribution >= 0.6 is 11.6 Å². The first-order chi connectivity index (χ1) is 5.11. The maximum absolute atomic E-state index is 9.23. The van der Waals surface area contributed by atoms with E-state index in [1.807, 2.05) is 6.92 Å². The average Bonchev–Trinajstić information content (AvgIpc) is 1.94. The van der Waals surface area contributed by atoms with E-state index in [0.29, 0.717) is 5.02 Å². The van der Waals surface area contributed by atoms with Crippen LogP contribution in [0.5, 0.6) is 0 Å². The lowest BCUT2D eigenvalue weighted by molar-refractivity contribution is 0.198. The molecule has 0 aliphatic heterocycles. The smallest absolute Gasteiger partial charge is 0.0779 e. The summed E-state index contributed by atoms with van der Waals surface area (Å²) in [4.78, 5) is 4.01. The van der Waals surface area contributed by atoms with Crippen LogP contribution in [0, 0.1) is 6.92 Å². The van der Waals surface area contributed by atoms with Crippen molar-refractivity contribution in [3.05, 3.63) is 28.5 Å². The molecule has 1 N–H and O–H groups in total. The Kier molecular flexibility index (Phi) is 2.47. The molecule has 0 radical (unpaired) electrons. The Morgan fingerprint density at radius 2 is 2.27 bits per heavy atom. The molecule has 2 nitrogen and oxygen atoms in total. The van der Waals surface area contributed by atoms with Crippen LogP contribution in [0.3, 0.4) is 0 Å². The third-order valence-electron chi connectivity index (χ3n) is 1.54. The van der Waals surface area contributed by atoms with E-state index in [2.05, 4.69) is 4.98 Å². The minimum atomic E-state index is -0.499. The van der Waals surface area contributed by atoms with Crippen molar-refractivity contribution in [1.29, 1.82) is 0 Å². The summed E-state index contributed by atoms with van der Waals surface area (Å²) in [6.07, 6.45) is 1.07. The molecular formula is C8H10ClNO. The topological polar surface area (TPSA) is 33.1 Å². The van der Waals surface area contributed by atoms with Gasteiger partial charge in [-0.3, -0.25) is 4.98 Å². The summed E-state index contributed by atoms with van der Waals surface area (Å²) in [7, 11) is 0. The third kappa shape index (κ3) is 1.91. The van der Waals surface area contributed by atoms with Gasteiger partial charge in [0.05, 0.1) is 11.1 Å². The summed E-state index contributed by atoms with van der Waals surface area (Å²) in [6.45, 7) is 3.54. The zero-order valence-corrected chi connectivity index (χ0v) is 7.26. The molecule has 3 heteroatoms. The Morgan fingerprint density at radius 3 is 2.73 bits per heavy atom. The van der Waals surface area contributed by atoms with Gasteiger partial charge in [0.1, 0.15) is 0 Å². The molecule has 11 heavy (non-hydrogen) atoms. The summed E-state index contributed by atoms with van der Waals surface area (Å²) in [5.41, 5.74) is 1.61. The Balaban J connectivity index is 3.13. The van der Waals surface area contributed by atoms with Crippen molar-refractivity contribution in [3.8, 4) is 0 Å². The van der Waals surface area contributed by atoms with Gasteiger partial charge in [0.2, 0.25) is 0 Å². The number of aliphatic hydroxyl groups is 1. The summed E-state index contributed by atoms with van der Waals surface area (Å²) >= 11 is 5.69. The predicted molar refractivity (Wildman–Crippen MR) is 44.6 cm³/mol. The fraction of sp³-hybridized carbons (Fsp3) is 0.375. The van der Waals surface area contributed by atoms with Crippen molar-refractivity contribution >= 4 is 11.6 Å². The van der Waals surface area contributed by atoms with Crippen LogP contribution in [-0.4, -0.2) is 10.1 Å². The molecule has 0 saturated carbocycles. The van der Waals surface area contributed by atoms with Crippen molar-refractivity contribution in [2.75, 3.05) is 0 Å². The molecule has 0 fully saturated rings. The van der Waals surface area contributed by atoms with Crippen LogP contribution < -0.4 is 0 Å². The van der Waals surface area contributed by atoms with Gasteiger partial charge in [0.15, 0.2) is 0 Å². The standard InChI is InChI=1S/C8H10ClNO/c1-5-8(6(2)11)3-7(9)4-10-5/h3-4,6,11H,1-2H3. The molecule has 0 aromatic carbocycles. The molecule has 0 saturated heterocycles. The van der Waals surface area contributed by atoms with E-state index < -0.39 is 6.10 Å². The lowest BCUT2D eigenvalue weighted by Gasteiger charge is -2.07. The van der Waals surface area contributed by atoms with E-state index >= 15 is 0 Å². The van der Waals surface area contributed by atoms with Gasteiger partial charge in [-0.2, -0.15) is 0 Å². The second-order valence-electron chi connectivity index (χ2n) is 2.50. The van der Waals surface area contributed by atoms with Gasteiger partial charge < -0.3 is 5.11 Å². The normalized spacial score (nSPS) is 13.1. The van der Waals surface area contributed by atoms with Crippen molar-refractivity contribution < 1.29 is 5.11 Å². The van der Waals surface area contributed by atoms with E-state index in [1.165, 1.54) is 0 Å². The van der Waals surface area contributed by atoms with Gasteiger partial charge in [0, 0.05) is 17.5 Å². The molecule has 1 atom stereocenters. The largest absolute Gasteiger partial charge is 0.389 e. The van der Waals surface area contributed by atoms with E-state index in [-0.39, 0.29) is 0 Å². The molecule has 1 rings (SSSR count). The lowest BCUT2D eigenvalue weighted by atomic mass is 10.1. The van der Waals surface area contributed by atoms with E-state index in [4.69, 9.17) is 11.6 Å². The summed E-state index contributed by atoms with van der Waals surface area (Å²) < 4.78 is 0. The Hall–Kier alpha value is -0.600. The average molecular weight is 172 g/mol. The van der Waals surface area contributed by atoms with Gasteiger partial charge in [-0.25, -0.2) is 0 Å². The van der Waals surface area contributed by atoms with Crippen LogP contribution in [-0.2, 0) is 0 Å². The zero-order chi connectivity index (χ0) is 8.43. The number of hydrogen-bond donors (Lipinski definition) is 1. The molecule has 1 unspecified atom stereocenters. The van der Waals surface area contributed by atoms with Gasteiger partial charge in [-0.05, 0) is 19.9 Å².